The summed E-state index contributed by atoms with van der Waals surface area (Å²) >= 11 is 0. The van der Waals surface area contributed by atoms with E-state index in [1.165, 1.54) is 0 Å². The molecule has 0 saturated carbocycles. The van der Waals surface area contributed by atoms with Crippen LogP contribution >= 0.6 is 0 Å². The molecule has 0 aromatic carbocycles. The lowest BCUT2D eigenvalue weighted by molar-refractivity contribution is 1.05. The number of rotatable bonds is 3. The zero-order valence-electron chi connectivity index (χ0n) is 7.99. The smallest absolute Gasteiger partial charge is 0.0925 e. The highest BCUT2D eigenvalue weighted by Gasteiger charge is 1.99. The van der Waals surface area contributed by atoms with E-state index in [4.69, 9.17) is 0 Å². The van der Waals surface area contributed by atoms with Gasteiger partial charge in [-0.1, -0.05) is 0 Å². The number of nitrogens with zero attached hydrogens (tertiary/aromatic N) is 2. The van der Waals surface area contributed by atoms with E-state index in [9.17, 15) is 0 Å². The van der Waals surface area contributed by atoms with Gasteiger partial charge in [-0.3, -0.25) is 4.98 Å². The van der Waals surface area contributed by atoms with Crippen molar-refractivity contribution in [3.63, 3.8) is 0 Å². The van der Waals surface area contributed by atoms with Crippen molar-refractivity contribution in [2.75, 3.05) is 5.32 Å². The number of pyridine rings is 1. The predicted octanol–water partition coefficient (Wildman–Crippen LogP) is 1.73. The third-order valence-corrected chi connectivity index (χ3v) is 2.06. The van der Waals surface area contributed by atoms with Gasteiger partial charge in [0.1, 0.15) is 0 Å². The molecule has 2 rings (SSSR count). The van der Waals surface area contributed by atoms with Crippen LogP contribution in [0.25, 0.3) is 0 Å². The summed E-state index contributed by atoms with van der Waals surface area (Å²) in [4.78, 5) is 11.2. The Morgan fingerprint density at radius 3 is 3.07 bits per heavy atom. The Bertz CT molecular complexity index is 394. The number of aryl methyl sites for hydroxylation is 1. The van der Waals surface area contributed by atoms with Gasteiger partial charge in [0.05, 0.1) is 24.3 Å². The molecule has 2 N–H and O–H groups in total. The largest absolute Gasteiger partial charge is 0.378 e. The number of hydrogen-bond donors (Lipinski definition) is 2. The molecule has 2 aromatic rings. The first kappa shape index (κ1) is 8.74. The summed E-state index contributed by atoms with van der Waals surface area (Å²) < 4.78 is 0. The highest BCUT2D eigenvalue weighted by atomic mass is 15.0. The van der Waals surface area contributed by atoms with E-state index in [1.807, 2.05) is 19.1 Å². The van der Waals surface area contributed by atoms with Gasteiger partial charge < -0.3 is 10.3 Å². The minimum atomic E-state index is 0.723. The number of anilines is 1. The first-order valence-corrected chi connectivity index (χ1v) is 4.49. The molecule has 72 valence electrons. The fraction of sp³-hybridized carbons (Fsp3) is 0.200. The van der Waals surface area contributed by atoms with Gasteiger partial charge in [-0.2, -0.15) is 0 Å². The number of nitrogens with one attached hydrogen (secondary N) is 2. The van der Waals surface area contributed by atoms with E-state index in [2.05, 4.69) is 20.3 Å². The molecule has 4 heteroatoms. The van der Waals surface area contributed by atoms with Crippen molar-refractivity contribution in [2.24, 2.45) is 0 Å². The Kier molecular flexibility index (Phi) is 2.44. The SMILES string of the molecule is Cc1[nH]cnc1CNc1cccnc1. The van der Waals surface area contributed by atoms with Crippen LogP contribution in [0.5, 0.6) is 0 Å². The molecule has 0 aliphatic heterocycles. The van der Waals surface area contributed by atoms with Gasteiger partial charge in [-0.25, -0.2) is 4.98 Å². The molecule has 0 fully saturated rings. The molecular formula is C10H12N4. The zero-order chi connectivity index (χ0) is 9.80. The summed E-state index contributed by atoms with van der Waals surface area (Å²) in [6, 6.07) is 3.88. The molecule has 14 heavy (non-hydrogen) atoms. The van der Waals surface area contributed by atoms with E-state index >= 15 is 0 Å². The van der Waals surface area contributed by atoms with E-state index < -0.39 is 0 Å². The first-order chi connectivity index (χ1) is 6.86. The summed E-state index contributed by atoms with van der Waals surface area (Å²) in [6.45, 7) is 2.73. The van der Waals surface area contributed by atoms with E-state index in [1.54, 1.807) is 18.7 Å². The van der Waals surface area contributed by atoms with Crippen molar-refractivity contribution in [1.82, 2.24) is 15.0 Å². The molecule has 0 aliphatic carbocycles. The van der Waals surface area contributed by atoms with Gasteiger partial charge in [0.15, 0.2) is 0 Å². The summed E-state index contributed by atoms with van der Waals surface area (Å²) in [5.74, 6) is 0. The highest BCUT2D eigenvalue weighted by molar-refractivity contribution is 5.40. The van der Waals surface area contributed by atoms with Gasteiger partial charge in [0.25, 0.3) is 0 Å². The number of aromatic amines is 1. The fourth-order valence-electron chi connectivity index (χ4n) is 1.22. The second-order valence-corrected chi connectivity index (χ2v) is 3.07. The molecule has 0 spiro atoms. The standard InChI is InChI=1S/C10H12N4/c1-8-10(14-7-13-8)6-12-9-3-2-4-11-5-9/h2-5,7,12H,6H2,1H3,(H,13,14). The molecule has 0 aliphatic rings. The number of H-pyrrole nitrogens is 1. The van der Waals surface area contributed by atoms with Gasteiger partial charge >= 0.3 is 0 Å². The van der Waals surface area contributed by atoms with Crippen LogP contribution in [0.1, 0.15) is 11.4 Å². The second-order valence-electron chi connectivity index (χ2n) is 3.07. The summed E-state index contributed by atoms with van der Waals surface area (Å²) in [6.07, 6.45) is 5.25. The Labute approximate surface area is 82.4 Å². The first-order valence-electron chi connectivity index (χ1n) is 4.49. The number of aromatic nitrogens is 3. The fourth-order valence-corrected chi connectivity index (χ4v) is 1.22. The highest BCUT2D eigenvalue weighted by Crippen LogP contribution is 2.06. The van der Waals surface area contributed by atoms with Gasteiger partial charge in [0.2, 0.25) is 0 Å². The van der Waals surface area contributed by atoms with Crippen molar-refractivity contribution >= 4 is 5.69 Å². The molecular weight excluding hydrogens is 176 g/mol. The average molecular weight is 188 g/mol. The maximum Gasteiger partial charge on any atom is 0.0925 e. The predicted molar refractivity (Wildman–Crippen MR) is 54.9 cm³/mol. The topological polar surface area (TPSA) is 53.6 Å². The Morgan fingerprint density at radius 1 is 1.50 bits per heavy atom. The van der Waals surface area contributed by atoms with Crippen LogP contribution in [0, 0.1) is 6.92 Å². The lowest BCUT2D eigenvalue weighted by Gasteiger charge is -2.03. The maximum absolute atomic E-state index is 4.19. The van der Waals surface area contributed by atoms with Gasteiger partial charge in [-0.05, 0) is 19.1 Å². The second kappa shape index (κ2) is 3.91. The zero-order valence-corrected chi connectivity index (χ0v) is 7.99. The molecule has 0 atom stereocenters. The summed E-state index contributed by atoms with van der Waals surface area (Å²) in [5.41, 5.74) is 3.14. The molecule has 4 nitrogen and oxygen atoms in total. The van der Waals surface area contributed by atoms with Gasteiger partial charge in [-0.15, -0.1) is 0 Å². The minimum Gasteiger partial charge on any atom is -0.378 e. The number of hydrogen-bond acceptors (Lipinski definition) is 3. The normalized spacial score (nSPS) is 10.1. The third-order valence-electron chi connectivity index (χ3n) is 2.06. The Morgan fingerprint density at radius 2 is 2.43 bits per heavy atom. The van der Waals surface area contributed by atoms with E-state index in [0.717, 1.165) is 23.6 Å². The van der Waals surface area contributed by atoms with Crippen LogP contribution < -0.4 is 5.32 Å². The minimum absolute atomic E-state index is 0.723. The lowest BCUT2D eigenvalue weighted by Crippen LogP contribution is -2.01. The van der Waals surface area contributed by atoms with Crippen LogP contribution in [-0.2, 0) is 6.54 Å². The molecule has 2 heterocycles. The van der Waals surface area contributed by atoms with Crippen LogP contribution in [-0.4, -0.2) is 15.0 Å². The van der Waals surface area contributed by atoms with E-state index in [0.29, 0.717) is 0 Å². The maximum atomic E-state index is 4.19. The van der Waals surface area contributed by atoms with Crippen LogP contribution in [0.15, 0.2) is 30.9 Å². The van der Waals surface area contributed by atoms with Crippen molar-refractivity contribution in [2.45, 2.75) is 13.5 Å². The van der Waals surface area contributed by atoms with Crippen molar-refractivity contribution in [3.8, 4) is 0 Å². The quantitative estimate of drug-likeness (QED) is 0.771. The van der Waals surface area contributed by atoms with E-state index in [-0.39, 0.29) is 0 Å². The van der Waals surface area contributed by atoms with Gasteiger partial charge in [0, 0.05) is 18.1 Å². The molecule has 0 unspecified atom stereocenters. The monoisotopic (exact) mass is 188 g/mol. The molecule has 0 saturated heterocycles. The Balaban J connectivity index is 1.99. The lowest BCUT2D eigenvalue weighted by atomic mass is 10.3. The average Bonchev–Trinajstić information content (AvgIpc) is 2.63. The summed E-state index contributed by atoms with van der Waals surface area (Å²) in [5, 5.41) is 3.24. The van der Waals surface area contributed by atoms with Crippen molar-refractivity contribution in [3.05, 3.63) is 42.2 Å². The molecule has 2 aromatic heterocycles. The number of imidazole rings is 1. The molecule has 0 amide bonds. The van der Waals surface area contributed by atoms with Crippen LogP contribution in [0.3, 0.4) is 0 Å². The van der Waals surface area contributed by atoms with Crippen molar-refractivity contribution < 1.29 is 0 Å². The third kappa shape index (κ3) is 1.90. The molecule has 0 radical (unpaired) electrons. The summed E-state index contributed by atoms with van der Waals surface area (Å²) in [7, 11) is 0. The van der Waals surface area contributed by atoms with Crippen molar-refractivity contribution in [1.29, 1.82) is 0 Å². The van der Waals surface area contributed by atoms with Crippen LogP contribution in [0.4, 0.5) is 5.69 Å². The molecule has 0 bridgehead atoms. The van der Waals surface area contributed by atoms with Crippen LogP contribution in [0.2, 0.25) is 0 Å². The Hall–Kier alpha value is -1.84.